The van der Waals surface area contributed by atoms with Gasteiger partial charge in [-0.15, -0.1) is 11.6 Å². The van der Waals surface area contributed by atoms with E-state index in [1.165, 1.54) is 0 Å². The van der Waals surface area contributed by atoms with Gasteiger partial charge in [-0.1, -0.05) is 31.9 Å². The number of ether oxygens (including phenoxy) is 5. The van der Waals surface area contributed by atoms with Gasteiger partial charge in [0.25, 0.3) is 0 Å². The lowest BCUT2D eigenvalue weighted by Gasteiger charge is -2.09. The summed E-state index contributed by atoms with van der Waals surface area (Å²) in [6.45, 7) is 6.65. The molecule has 0 aromatic carbocycles. The highest BCUT2D eigenvalue weighted by atomic mass is 35.5. The molecule has 10 heteroatoms. The Morgan fingerprint density at radius 1 is 0.727 bits per heavy atom. The summed E-state index contributed by atoms with van der Waals surface area (Å²) in [6.07, 6.45) is 9.06. The molecule has 0 radical (unpaired) electrons. The van der Waals surface area contributed by atoms with E-state index in [2.05, 4.69) is 10.6 Å². The predicted octanol–water partition coefficient (Wildman–Crippen LogP) is 3.05. The first-order valence-corrected chi connectivity index (χ1v) is 12.4. The largest absolute Gasteiger partial charge is 0.447 e. The minimum absolute atomic E-state index is 0.0423. The van der Waals surface area contributed by atoms with Crippen LogP contribution in [0.15, 0.2) is 12.2 Å². The molecule has 0 spiro atoms. The quantitative estimate of drug-likeness (QED) is 0.121. The highest BCUT2D eigenvalue weighted by Crippen LogP contribution is 2.01. The number of hydrogen-bond donors (Lipinski definition) is 2. The molecule has 194 valence electrons. The van der Waals surface area contributed by atoms with Gasteiger partial charge in [-0.3, -0.25) is 4.79 Å². The van der Waals surface area contributed by atoms with Gasteiger partial charge in [-0.2, -0.15) is 0 Å². The van der Waals surface area contributed by atoms with Crippen LogP contribution in [0.1, 0.15) is 45.4 Å². The zero-order valence-corrected chi connectivity index (χ0v) is 20.9. The normalized spacial score (nSPS) is 11.1. The number of allylic oxidation sites excluding steroid dienone is 1. The van der Waals surface area contributed by atoms with E-state index >= 15 is 0 Å². The van der Waals surface area contributed by atoms with Gasteiger partial charge in [-0.25, -0.2) is 4.79 Å². The fourth-order valence-corrected chi connectivity index (χ4v) is 2.63. The third-order valence-electron chi connectivity index (χ3n) is 4.19. The van der Waals surface area contributed by atoms with E-state index < -0.39 is 6.09 Å². The van der Waals surface area contributed by atoms with E-state index in [-0.39, 0.29) is 19.1 Å². The van der Waals surface area contributed by atoms with Crippen molar-refractivity contribution >= 4 is 23.6 Å². The zero-order chi connectivity index (χ0) is 24.2. The van der Waals surface area contributed by atoms with Gasteiger partial charge in [0.05, 0.1) is 46.2 Å². The van der Waals surface area contributed by atoms with E-state index in [4.69, 9.17) is 35.3 Å². The van der Waals surface area contributed by atoms with Crippen molar-refractivity contribution in [2.24, 2.45) is 0 Å². The first kappa shape index (κ1) is 31.6. The number of unbranched alkanes of at least 4 members (excludes halogenated alkanes) is 3. The molecule has 0 aromatic rings. The van der Waals surface area contributed by atoms with Crippen LogP contribution < -0.4 is 10.6 Å². The van der Waals surface area contributed by atoms with Crippen LogP contribution in [-0.2, 0) is 28.5 Å². The molecule has 9 nitrogen and oxygen atoms in total. The molecule has 0 atom stereocenters. The topological polar surface area (TPSA) is 104 Å². The van der Waals surface area contributed by atoms with Crippen LogP contribution in [-0.4, -0.2) is 90.4 Å². The Labute approximate surface area is 203 Å². The van der Waals surface area contributed by atoms with E-state index in [1.807, 2.05) is 19.1 Å². The Balaban J connectivity index is 3.24. The second-order valence-corrected chi connectivity index (χ2v) is 7.43. The minimum atomic E-state index is -0.508. The van der Waals surface area contributed by atoms with Gasteiger partial charge >= 0.3 is 6.09 Å². The number of alkyl carbamates (subject to hydrolysis) is 1. The maximum atomic E-state index is 11.5. The molecule has 0 saturated carbocycles. The number of amides is 2. The van der Waals surface area contributed by atoms with Crippen molar-refractivity contribution in [3.05, 3.63) is 12.2 Å². The number of carbonyl (C=O) groups excluding carboxylic acids is 2. The van der Waals surface area contributed by atoms with Gasteiger partial charge < -0.3 is 34.3 Å². The number of halogens is 1. The maximum Gasteiger partial charge on any atom is 0.407 e. The van der Waals surface area contributed by atoms with Crippen molar-refractivity contribution < 1.29 is 33.3 Å². The van der Waals surface area contributed by atoms with Crippen LogP contribution in [0.25, 0.3) is 0 Å². The van der Waals surface area contributed by atoms with Gasteiger partial charge in [0.15, 0.2) is 0 Å². The second-order valence-electron chi connectivity index (χ2n) is 7.05. The molecule has 33 heavy (non-hydrogen) atoms. The number of rotatable bonds is 24. The zero-order valence-electron chi connectivity index (χ0n) is 20.1. The fourth-order valence-electron chi connectivity index (χ4n) is 2.44. The summed E-state index contributed by atoms with van der Waals surface area (Å²) in [6, 6.07) is 0. The molecule has 0 fully saturated rings. The molecule has 2 amide bonds. The van der Waals surface area contributed by atoms with Crippen molar-refractivity contribution in [3.8, 4) is 0 Å². The van der Waals surface area contributed by atoms with Crippen LogP contribution in [0.5, 0.6) is 0 Å². The molecule has 0 heterocycles. The Morgan fingerprint density at radius 3 is 2.09 bits per heavy atom. The third-order valence-corrected chi connectivity index (χ3v) is 4.45. The smallest absolute Gasteiger partial charge is 0.407 e. The highest BCUT2D eigenvalue weighted by molar-refractivity contribution is 6.17. The molecule has 0 aliphatic heterocycles. The highest BCUT2D eigenvalue weighted by Gasteiger charge is 2.02. The molecule has 0 unspecified atom stereocenters. The molecule has 0 rings (SSSR count). The predicted molar refractivity (Wildman–Crippen MR) is 129 cm³/mol. The van der Waals surface area contributed by atoms with Crippen LogP contribution in [0.3, 0.4) is 0 Å². The van der Waals surface area contributed by atoms with Crippen LogP contribution in [0, 0.1) is 0 Å². The molecule has 0 aliphatic carbocycles. The lowest BCUT2D eigenvalue weighted by atomic mass is 10.2. The summed E-state index contributed by atoms with van der Waals surface area (Å²) in [5, 5.41) is 5.38. The Hall–Kier alpha value is -1.39. The second kappa shape index (κ2) is 26.9. The first-order chi connectivity index (χ1) is 16.2. The Bertz CT molecular complexity index is 482. The summed E-state index contributed by atoms with van der Waals surface area (Å²) in [5.74, 6) is 0.681. The lowest BCUT2D eigenvalue weighted by molar-refractivity contribution is -0.122. The van der Waals surface area contributed by atoms with Crippen molar-refractivity contribution in [3.63, 3.8) is 0 Å². The standard InChI is InChI=1S/C23H43ClN2O7/c1-2-3-7-11-25-22(27)9-14-30-17-19-32-20-21-33-23(28)26-12-15-31-18-16-29-13-8-5-4-6-10-24/h3,7H,2,4-6,8-21H2,1H3,(H,25,27)(H,26,28)/b7-3+. The molecule has 0 aromatic heterocycles. The number of nitrogens with one attached hydrogen (secondary N) is 2. The van der Waals surface area contributed by atoms with E-state index in [1.54, 1.807) is 0 Å². The van der Waals surface area contributed by atoms with Crippen molar-refractivity contribution in [1.29, 1.82) is 0 Å². The van der Waals surface area contributed by atoms with Crippen molar-refractivity contribution in [2.75, 3.05) is 78.4 Å². The summed E-state index contributed by atoms with van der Waals surface area (Å²) >= 11 is 5.62. The summed E-state index contributed by atoms with van der Waals surface area (Å²) in [5.41, 5.74) is 0. The molecular weight excluding hydrogens is 452 g/mol. The van der Waals surface area contributed by atoms with Crippen LogP contribution in [0.2, 0.25) is 0 Å². The third kappa shape index (κ3) is 26.7. The number of alkyl halides is 1. The van der Waals surface area contributed by atoms with Crippen LogP contribution >= 0.6 is 11.6 Å². The van der Waals surface area contributed by atoms with Gasteiger partial charge in [0, 0.05) is 32.0 Å². The molecule has 0 bridgehead atoms. The molecular formula is C23H43ClN2O7. The average molecular weight is 495 g/mol. The SMILES string of the molecule is CC/C=C/CNC(=O)CCOCCOCCOC(=O)NCCOCCOCCCCCCCl. The summed E-state index contributed by atoms with van der Waals surface area (Å²) in [7, 11) is 0. The van der Waals surface area contributed by atoms with Gasteiger partial charge in [-0.05, 0) is 19.3 Å². The van der Waals surface area contributed by atoms with E-state index in [0.717, 1.165) is 44.6 Å². The number of hydrogen-bond acceptors (Lipinski definition) is 7. The van der Waals surface area contributed by atoms with Crippen LogP contribution in [0.4, 0.5) is 4.79 Å². The maximum absolute atomic E-state index is 11.5. The van der Waals surface area contributed by atoms with Gasteiger partial charge in [0.1, 0.15) is 6.61 Å². The minimum Gasteiger partial charge on any atom is -0.447 e. The Kier molecular flexibility index (Phi) is 25.7. The Morgan fingerprint density at radius 2 is 1.36 bits per heavy atom. The lowest BCUT2D eigenvalue weighted by Crippen LogP contribution is -2.29. The number of carbonyl (C=O) groups is 2. The average Bonchev–Trinajstić information content (AvgIpc) is 2.81. The fraction of sp³-hybridized carbons (Fsp3) is 0.826. The molecule has 2 N–H and O–H groups in total. The summed E-state index contributed by atoms with van der Waals surface area (Å²) < 4.78 is 26.5. The van der Waals surface area contributed by atoms with Crippen molar-refractivity contribution in [1.82, 2.24) is 10.6 Å². The first-order valence-electron chi connectivity index (χ1n) is 11.9. The van der Waals surface area contributed by atoms with Gasteiger partial charge in [0.2, 0.25) is 5.91 Å². The molecule has 0 saturated heterocycles. The molecule has 0 aliphatic rings. The van der Waals surface area contributed by atoms with Crippen molar-refractivity contribution in [2.45, 2.75) is 45.4 Å². The van der Waals surface area contributed by atoms with E-state index in [9.17, 15) is 9.59 Å². The summed E-state index contributed by atoms with van der Waals surface area (Å²) in [4.78, 5) is 23.0. The van der Waals surface area contributed by atoms with E-state index in [0.29, 0.717) is 59.2 Å². The monoisotopic (exact) mass is 494 g/mol.